The predicted octanol–water partition coefficient (Wildman–Crippen LogP) is 5.27. The molecule has 4 rings (SSSR count). The number of hydrogen-bond donors (Lipinski definition) is 0. The van der Waals surface area contributed by atoms with E-state index in [1.807, 2.05) is 43.3 Å². The second kappa shape index (κ2) is 9.06. The van der Waals surface area contributed by atoms with Crippen LogP contribution in [0.15, 0.2) is 58.4 Å². The smallest absolute Gasteiger partial charge is 0.358 e. The number of carbonyl (C=O) groups is 1. The van der Waals surface area contributed by atoms with Gasteiger partial charge in [0.25, 0.3) is 5.89 Å². The molecule has 2 aromatic heterocycles. The third-order valence-electron chi connectivity index (χ3n) is 4.03. The first-order chi connectivity index (χ1) is 14.6. The molecular formula is C21H16ClN3O4S. The Hall–Kier alpha value is -3.23. The van der Waals surface area contributed by atoms with E-state index < -0.39 is 5.97 Å². The van der Waals surface area contributed by atoms with Crippen molar-refractivity contribution >= 4 is 28.9 Å². The molecule has 7 nitrogen and oxygen atoms in total. The van der Waals surface area contributed by atoms with E-state index in [-0.39, 0.29) is 18.2 Å². The van der Waals surface area contributed by atoms with Crippen LogP contribution in [0.3, 0.4) is 0 Å². The molecular weight excluding hydrogens is 426 g/mol. The molecule has 0 aliphatic rings. The number of hydrogen-bond acceptors (Lipinski definition) is 8. The number of aromatic nitrogens is 3. The van der Waals surface area contributed by atoms with Gasteiger partial charge in [-0.1, -0.05) is 41.0 Å². The quantitative estimate of drug-likeness (QED) is 0.361. The molecule has 4 aromatic rings. The topological polar surface area (TPSA) is 87.3 Å². The highest BCUT2D eigenvalue weighted by Crippen LogP contribution is 2.28. The number of benzene rings is 2. The van der Waals surface area contributed by atoms with Crippen LogP contribution in [0, 0.1) is 0 Å². The molecule has 0 fully saturated rings. The summed E-state index contributed by atoms with van der Waals surface area (Å²) in [4.78, 5) is 20.9. The minimum atomic E-state index is -0.569. The van der Waals surface area contributed by atoms with Crippen LogP contribution in [-0.4, -0.2) is 27.7 Å². The molecule has 0 amide bonds. The van der Waals surface area contributed by atoms with Gasteiger partial charge in [0, 0.05) is 16.0 Å². The van der Waals surface area contributed by atoms with Crippen molar-refractivity contribution < 1.29 is 18.8 Å². The van der Waals surface area contributed by atoms with Crippen molar-refractivity contribution in [3.63, 3.8) is 0 Å². The molecule has 0 spiro atoms. The number of nitrogens with zero attached hydrogens (tertiary/aromatic N) is 3. The Morgan fingerprint density at radius 3 is 2.73 bits per heavy atom. The van der Waals surface area contributed by atoms with Crippen molar-refractivity contribution in [2.45, 2.75) is 13.5 Å². The summed E-state index contributed by atoms with van der Waals surface area (Å²) in [6, 6.07) is 14.6. The Labute approximate surface area is 181 Å². The molecule has 0 aliphatic carbocycles. The summed E-state index contributed by atoms with van der Waals surface area (Å²) in [6.07, 6.45) is 0. The number of carbonyl (C=O) groups excluding carboxylic acids is 1. The SMILES string of the molecule is CCOc1ccccc1-c1noc(COC(=O)c2csc(-c3ccc(Cl)cc3)n2)n1. The first kappa shape index (κ1) is 20.1. The first-order valence-corrected chi connectivity index (χ1v) is 10.3. The summed E-state index contributed by atoms with van der Waals surface area (Å²) >= 11 is 7.25. The molecule has 0 radical (unpaired) electrons. The highest BCUT2D eigenvalue weighted by molar-refractivity contribution is 7.13. The molecule has 2 heterocycles. The number of thiazole rings is 1. The molecule has 0 aliphatic heterocycles. The van der Waals surface area contributed by atoms with E-state index in [1.165, 1.54) is 11.3 Å². The Balaban J connectivity index is 1.41. The number of para-hydroxylation sites is 1. The second-order valence-corrected chi connectivity index (χ2v) is 7.36. The van der Waals surface area contributed by atoms with Gasteiger partial charge in [-0.15, -0.1) is 11.3 Å². The maximum absolute atomic E-state index is 12.3. The van der Waals surface area contributed by atoms with Crippen molar-refractivity contribution in [2.24, 2.45) is 0 Å². The first-order valence-electron chi connectivity index (χ1n) is 9.07. The highest BCUT2D eigenvalue weighted by Gasteiger charge is 2.17. The lowest BCUT2D eigenvalue weighted by atomic mass is 10.2. The summed E-state index contributed by atoms with van der Waals surface area (Å²) in [7, 11) is 0. The number of halogens is 1. The fourth-order valence-electron chi connectivity index (χ4n) is 2.65. The zero-order chi connectivity index (χ0) is 20.9. The Morgan fingerprint density at radius 2 is 1.93 bits per heavy atom. The van der Waals surface area contributed by atoms with Crippen molar-refractivity contribution in [2.75, 3.05) is 6.61 Å². The Bertz CT molecular complexity index is 1160. The lowest BCUT2D eigenvalue weighted by Crippen LogP contribution is -2.06. The molecule has 0 bridgehead atoms. The summed E-state index contributed by atoms with van der Waals surface area (Å²) < 4.78 is 16.0. The van der Waals surface area contributed by atoms with Gasteiger partial charge in [0.1, 0.15) is 10.8 Å². The Kier molecular flexibility index (Phi) is 6.06. The van der Waals surface area contributed by atoms with Crippen LogP contribution in [0.25, 0.3) is 22.0 Å². The predicted molar refractivity (Wildman–Crippen MR) is 113 cm³/mol. The van der Waals surface area contributed by atoms with Crippen molar-refractivity contribution in [3.8, 4) is 27.7 Å². The molecule has 9 heteroatoms. The standard InChI is InChI=1S/C21H16ClN3O4S/c1-2-27-17-6-4-3-5-15(17)19-24-18(29-25-19)11-28-21(26)16-12-30-20(23-16)13-7-9-14(22)10-8-13/h3-10,12H,2,11H2,1H3. The van der Waals surface area contributed by atoms with Gasteiger partial charge in [-0.25, -0.2) is 9.78 Å². The van der Waals surface area contributed by atoms with Gasteiger partial charge in [-0.3, -0.25) is 0 Å². The fraction of sp³-hybridized carbons (Fsp3) is 0.143. The number of esters is 1. The van der Waals surface area contributed by atoms with E-state index >= 15 is 0 Å². The van der Waals surface area contributed by atoms with Crippen molar-refractivity contribution in [1.29, 1.82) is 0 Å². The van der Waals surface area contributed by atoms with E-state index in [9.17, 15) is 4.79 Å². The minimum absolute atomic E-state index is 0.156. The fourth-order valence-corrected chi connectivity index (χ4v) is 3.57. The van der Waals surface area contributed by atoms with Crippen LogP contribution in [0.5, 0.6) is 5.75 Å². The van der Waals surface area contributed by atoms with E-state index in [2.05, 4.69) is 15.1 Å². The summed E-state index contributed by atoms with van der Waals surface area (Å²) in [6.45, 7) is 2.26. The van der Waals surface area contributed by atoms with Crippen LogP contribution >= 0.6 is 22.9 Å². The van der Waals surface area contributed by atoms with Crippen LogP contribution in [0.4, 0.5) is 0 Å². The van der Waals surface area contributed by atoms with Gasteiger partial charge in [0.2, 0.25) is 5.82 Å². The highest BCUT2D eigenvalue weighted by atomic mass is 35.5. The van der Waals surface area contributed by atoms with Crippen LogP contribution < -0.4 is 4.74 Å². The van der Waals surface area contributed by atoms with Gasteiger partial charge in [-0.2, -0.15) is 4.98 Å². The van der Waals surface area contributed by atoms with Gasteiger partial charge < -0.3 is 14.0 Å². The average Bonchev–Trinajstić information content (AvgIpc) is 3.43. The van der Waals surface area contributed by atoms with Crippen LogP contribution in [-0.2, 0) is 11.3 Å². The average molecular weight is 442 g/mol. The summed E-state index contributed by atoms with van der Waals surface area (Å²) in [5, 5.41) is 6.93. The van der Waals surface area contributed by atoms with E-state index in [4.69, 9.17) is 25.6 Å². The van der Waals surface area contributed by atoms with Gasteiger partial charge in [0.05, 0.1) is 12.2 Å². The third kappa shape index (κ3) is 4.50. The third-order valence-corrected chi connectivity index (χ3v) is 5.17. The maximum Gasteiger partial charge on any atom is 0.358 e. The Morgan fingerprint density at radius 1 is 1.13 bits per heavy atom. The van der Waals surface area contributed by atoms with Crippen molar-refractivity contribution in [1.82, 2.24) is 15.1 Å². The lowest BCUT2D eigenvalue weighted by molar-refractivity contribution is 0.0424. The van der Waals surface area contributed by atoms with Gasteiger partial charge in [0.15, 0.2) is 12.3 Å². The van der Waals surface area contributed by atoms with E-state index in [1.54, 1.807) is 17.5 Å². The summed E-state index contributed by atoms with van der Waals surface area (Å²) in [5.74, 6) is 0.629. The number of rotatable bonds is 7. The molecule has 30 heavy (non-hydrogen) atoms. The monoisotopic (exact) mass is 441 g/mol. The van der Waals surface area contributed by atoms with E-state index in [0.717, 1.165) is 5.56 Å². The zero-order valence-electron chi connectivity index (χ0n) is 15.9. The molecule has 2 aromatic carbocycles. The van der Waals surface area contributed by atoms with Crippen LogP contribution in [0.1, 0.15) is 23.3 Å². The zero-order valence-corrected chi connectivity index (χ0v) is 17.4. The minimum Gasteiger partial charge on any atom is -0.493 e. The molecule has 0 saturated heterocycles. The normalized spacial score (nSPS) is 10.7. The summed E-state index contributed by atoms with van der Waals surface area (Å²) in [5.41, 5.74) is 1.79. The largest absolute Gasteiger partial charge is 0.493 e. The van der Waals surface area contributed by atoms with Gasteiger partial charge in [-0.05, 0) is 31.2 Å². The molecule has 0 atom stereocenters. The molecule has 0 N–H and O–H groups in total. The van der Waals surface area contributed by atoms with Crippen molar-refractivity contribution in [3.05, 3.63) is 70.5 Å². The molecule has 0 unspecified atom stereocenters. The lowest BCUT2D eigenvalue weighted by Gasteiger charge is -2.05. The maximum atomic E-state index is 12.3. The van der Waals surface area contributed by atoms with E-state index in [0.29, 0.717) is 33.8 Å². The van der Waals surface area contributed by atoms with Crippen LogP contribution in [0.2, 0.25) is 5.02 Å². The number of ether oxygens (including phenoxy) is 2. The second-order valence-electron chi connectivity index (χ2n) is 6.06. The molecule has 152 valence electrons. The van der Waals surface area contributed by atoms with Gasteiger partial charge >= 0.3 is 5.97 Å². The molecule has 0 saturated carbocycles.